The van der Waals surface area contributed by atoms with E-state index in [-0.39, 0.29) is 18.1 Å². The van der Waals surface area contributed by atoms with E-state index in [1.807, 2.05) is 30.3 Å². The van der Waals surface area contributed by atoms with Crippen molar-refractivity contribution in [1.82, 2.24) is 5.32 Å². The van der Waals surface area contributed by atoms with Gasteiger partial charge >= 0.3 is 12.1 Å². The fourth-order valence-corrected chi connectivity index (χ4v) is 4.45. The molecular formula is C22H29NO4. The van der Waals surface area contributed by atoms with Gasteiger partial charge in [-0.05, 0) is 49.5 Å². The van der Waals surface area contributed by atoms with Crippen molar-refractivity contribution < 1.29 is 19.1 Å². The van der Waals surface area contributed by atoms with E-state index in [2.05, 4.69) is 22.2 Å². The lowest BCUT2D eigenvalue weighted by atomic mass is 9.84. The normalized spacial score (nSPS) is 26.3. The number of alkyl carbamates (subject to hydrolysis) is 1. The number of allylic oxidation sites excluding steroid dienone is 1. The summed E-state index contributed by atoms with van der Waals surface area (Å²) in [5, 5.41) is 3.11. The Hall–Kier alpha value is -2.30. The number of fused-ring (bicyclic) bond motifs is 2. The van der Waals surface area contributed by atoms with Gasteiger partial charge in [0.2, 0.25) is 0 Å². The van der Waals surface area contributed by atoms with Crippen LogP contribution in [0.1, 0.15) is 44.1 Å². The molecule has 4 atom stereocenters. The van der Waals surface area contributed by atoms with Gasteiger partial charge < -0.3 is 14.8 Å². The number of carbonyl (C=O) groups excluding carboxylic acids is 2. The van der Waals surface area contributed by atoms with Crippen LogP contribution in [0.15, 0.2) is 42.5 Å². The van der Waals surface area contributed by atoms with Gasteiger partial charge in [0.25, 0.3) is 0 Å². The maximum atomic E-state index is 12.3. The highest BCUT2D eigenvalue weighted by atomic mass is 16.5. The highest BCUT2D eigenvalue weighted by Crippen LogP contribution is 2.49. The van der Waals surface area contributed by atoms with E-state index in [1.54, 1.807) is 0 Å². The molecule has 2 aliphatic carbocycles. The Labute approximate surface area is 161 Å². The van der Waals surface area contributed by atoms with Crippen LogP contribution in [0, 0.1) is 17.8 Å². The molecule has 1 aromatic rings. The van der Waals surface area contributed by atoms with Crippen LogP contribution in [0.2, 0.25) is 0 Å². The Kier molecular flexibility index (Phi) is 6.91. The maximum Gasteiger partial charge on any atom is 0.407 e. The highest BCUT2D eigenvalue weighted by molar-refractivity contribution is 5.69. The van der Waals surface area contributed by atoms with Gasteiger partial charge in [-0.3, -0.25) is 4.79 Å². The molecule has 5 nitrogen and oxygen atoms in total. The second-order valence-electron chi connectivity index (χ2n) is 7.54. The zero-order valence-corrected chi connectivity index (χ0v) is 15.9. The predicted molar refractivity (Wildman–Crippen MR) is 103 cm³/mol. The Morgan fingerprint density at radius 2 is 1.96 bits per heavy atom. The van der Waals surface area contributed by atoms with Crippen LogP contribution in [-0.2, 0) is 20.9 Å². The minimum absolute atomic E-state index is 0.156. The third kappa shape index (κ3) is 5.34. The molecule has 27 heavy (non-hydrogen) atoms. The predicted octanol–water partition coefficient (Wildman–Crippen LogP) is 4.23. The van der Waals surface area contributed by atoms with E-state index in [1.165, 1.54) is 26.4 Å². The van der Waals surface area contributed by atoms with Crippen molar-refractivity contribution in [3.63, 3.8) is 0 Å². The molecule has 0 spiro atoms. The largest absolute Gasteiger partial charge is 0.469 e. The summed E-state index contributed by atoms with van der Waals surface area (Å²) in [7, 11) is 1.42. The summed E-state index contributed by atoms with van der Waals surface area (Å²) in [6.45, 7) is 0.293. The average Bonchev–Trinajstić information content (AvgIpc) is 3.29. The number of carbonyl (C=O) groups is 2. The second kappa shape index (κ2) is 9.58. The van der Waals surface area contributed by atoms with Crippen molar-refractivity contribution >= 4 is 12.1 Å². The number of hydrogen-bond donors (Lipinski definition) is 1. The number of hydrogen-bond acceptors (Lipinski definition) is 4. The van der Waals surface area contributed by atoms with E-state index in [0.717, 1.165) is 18.4 Å². The molecule has 146 valence electrons. The molecule has 1 N–H and O–H groups in total. The molecule has 1 aromatic carbocycles. The monoisotopic (exact) mass is 371 g/mol. The highest BCUT2D eigenvalue weighted by Gasteiger charge is 2.47. The zero-order valence-electron chi connectivity index (χ0n) is 15.9. The van der Waals surface area contributed by atoms with Gasteiger partial charge in [0.05, 0.1) is 7.11 Å². The molecule has 5 heteroatoms. The van der Waals surface area contributed by atoms with Crippen LogP contribution in [0.25, 0.3) is 0 Å². The molecule has 0 unspecified atom stereocenters. The molecular weight excluding hydrogens is 342 g/mol. The molecule has 0 aromatic heterocycles. The van der Waals surface area contributed by atoms with E-state index in [9.17, 15) is 9.59 Å². The van der Waals surface area contributed by atoms with E-state index in [0.29, 0.717) is 30.8 Å². The topological polar surface area (TPSA) is 64.6 Å². The quantitative estimate of drug-likeness (QED) is 0.422. The van der Waals surface area contributed by atoms with Gasteiger partial charge in [-0.2, -0.15) is 0 Å². The number of ether oxygens (including phenoxy) is 2. The third-order valence-corrected chi connectivity index (χ3v) is 5.82. The van der Waals surface area contributed by atoms with E-state index in [4.69, 9.17) is 4.74 Å². The molecule has 0 aliphatic heterocycles. The second-order valence-corrected chi connectivity index (χ2v) is 7.54. The third-order valence-electron chi connectivity index (χ3n) is 5.82. The Morgan fingerprint density at radius 1 is 1.19 bits per heavy atom. The van der Waals surface area contributed by atoms with Crippen LogP contribution in [0.4, 0.5) is 4.79 Å². The molecule has 2 saturated carbocycles. The fourth-order valence-electron chi connectivity index (χ4n) is 4.45. The molecule has 0 heterocycles. The molecule has 2 bridgehead atoms. The van der Waals surface area contributed by atoms with Gasteiger partial charge in [0.15, 0.2) is 0 Å². The van der Waals surface area contributed by atoms with E-state index < -0.39 is 0 Å². The summed E-state index contributed by atoms with van der Waals surface area (Å²) in [5.74, 6) is 1.39. The number of unbranched alkanes of at least 4 members (excludes halogenated alkanes) is 1. The summed E-state index contributed by atoms with van der Waals surface area (Å²) in [6.07, 6.45) is 9.75. The number of nitrogens with one attached hydrogen (secondary N) is 1. The standard InChI is InChI=1S/C22H29NO4/c1-26-20(24)11-7-3-6-10-19-17-12-13-18(14-17)21(19)23-22(25)27-15-16-8-4-2-5-9-16/h2,4-6,8-10,17-19,21H,3,7,11-15H2,1H3,(H,23,25)/b10-6-/t17-,18+,19+,21+/m1/s1. The molecule has 1 amide bonds. The van der Waals surface area contributed by atoms with E-state index >= 15 is 0 Å². The number of amides is 1. The first-order valence-electron chi connectivity index (χ1n) is 9.88. The van der Waals surface area contributed by atoms with Crippen LogP contribution in [0.3, 0.4) is 0 Å². The summed E-state index contributed by atoms with van der Waals surface area (Å²) >= 11 is 0. The minimum atomic E-state index is -0.333. The van der Waals surface area contributed by atoms with Crippen molar-refractivity contribution in [3.8, 4) is 0 Å². The molecule has 0 radical (unpaired) electrons. The van der Waals surface area contributed by atoms with Gasteiger partial charge in [0, 0.05) is 18.4 Å². The molecule has 0 saturated heterocycles. The first kappa shape index (κ1) is 19.5. The first-order valence-corrected chi connectivity index (χ1v) is 9.88. The Morgan fingerprint density at radius 3 is 2.74 bits per heavy atom. The average molecular weight is 371 g/mol. The molecule has 3 rings (SSSR count). The number of rotatable bonds is 8. The van der Waals surface area contributed by atoms with Gasteiger partial charge in [-0.15, -0.1) is 0 Å². The number of benzene rings is 1. The van der Waals surface area contributed by atoms with Crippen molar-refractivity contribution in [2.75, 3.05) is 7.11 Å². The summed E-state index contributed by atoms with van der Waals surface area (Å²) in [4.78, 5) is 23.4. The minimum Gasteiger partial charge on any atom is -0.469 e. The summed E-state index contributed by atoms with van der Waals surface area (Å²) < 4.78 is 10.1. The van der Waals surface area contributed by atoms with Gasteiger partial charge in [-0.1, -0.05) is 42.5 Å². The lowest BCUT2D eigenvalue weighted by molar-refractivity contribution is -0.140. The van der Waals surface area contributed by atoms with Crippen molar-refractivity contribution in [2.24, 2.45) is 17.8 Å². The maximum absolute atomic E-state index is 12.3. The Balaban J connectivity index is 1.47. The van der Waals surface area contributed by atoms with Crippen molar-refractivity contribution in [3.05, 3.63) is 48.0 Å². The molecule has 2 fully saturated rings. The first-order chi connectivity index (χ1) is 13.2. The SMILES string of the molecule is COC(=O)CCC/C=C\[C@H]1[C@@H]2CC[C@@H](C2)[C@@H]1NC(=O)OCc1ccccc1. The van der Waals surface area contributed by atoms with Crippen LogP contribution >= 0.6 is 0 Å². The van der Waals surface area contributed by atoms with Crippen LogP contribution < -0.4 is 5.32 Å². The fraction of sp³-hybridized carbons (Fsp3) is 0.545. The Bertz CT molecular complexity index is 658. The lowest BCUT2D eigenvalue weighted by Gasteiger charge is -2.29. The van der Waals surface area contributed by atoms with Crippen molar-refractivity contribution in [2.45, 2.75) is 51.2 Å². The van der Waals surface area contributed by atoms with Gasteiger partial charge in [0.1, 0.15) is 6.61 Å². The zero-order chi connectivity index (χ0) is 19.1. The van der Waals surface area contributed by atoms with Crippen molar-refractivity contribution in [1.29, 1.82) is 0 Å². The number of esters is 1. The lowest BCUT2D eigenvalue weighted by Crippen LogP contribution is -2.43. The van der Waals surface area contributed by atoms with Crippen LogP contribution in [0.5, 0.6) is 0 Å². The number of methoxy groups -OCH3 is 1. The van der Waals surface area contributed by atoms with Gasteiger partial charge in [-0.25, -0.2) is 4.79 Å². The summed E-state index contributed by atoms with van der Waals surface area (Å²) in [5.41, 5.74) is 0.989. The smallest absolute Gasteiger partial charge is 0.407 e. The molecule has 2 aliphatic rings. The van der Waals surface area contributed by atoms with Crippen LogP contribution in [-0.4, -0.2) is 25.2 Å². The summed E-state index contributed by atoms with van der Waals surface area (Å²) in [6, 6.07) is 9.88.